The minimum absolute atomic E-state index is 0.144. The molecule has 2 aliphatic heterocycles. The van der Waals surface area contributed by atoms with Crippen LogP contribution in [0.15, 0.2) is 24.4 Å². The highest BCUT2D eigenvalue weighted by molar-refractivity contribution is 5.83. The summed E-state index contributed by atoms with van der Waals surface area (Å²) in [6.07, 6.45) is 8.85. The third-order valence-electron chi connectivity index (χ3n) is 5.33. The van der Waals surface area contributed by atoms with Crippen molar-refractivity contribution in [1.82, 2.24) is 15.2 Å². The summed E-state index contributed by atoms with van der Waals surface area (Å²) in [6.45, 7) is 3.48. The number of likely N-dealkylation sites (tertiary alicyclic amines) is 1. The molecule has 0 radical (unpaired) electrons. The van der Waals surface area contributed by atoms with Gasteiger partial charge in [0.1, 0.15) is 5.82 Å². The molecule has 4 rings (SSSR count). The van der Waals surface area contributed by atoms with E-state index in [2.05, 4.69) is 21.4 Å². The number of aromatic nitrogens is 1. The van der Waals surface area contributed by atoms with Crippen molar-refractivity contribution < 1.29 is 4.39 Å². The Labute approximate surface area is 130 Å². The van der Waals surface area contributed by atoms with Crippen LogP contribution >= 0.6 is 0 Å². The Morgan fingerprint density at radius 3 is 2.86 bits per heavy atom. The zero-order valence-electron chi connectivity index (χ0n) is 12.9. The maximum Gasteiger partial charge on any atom is 0.123 e. The first-order chi connectivity index (χ1) is 10.8. The van der Waals surface area contributed by atoms with Crippen molar-refractivity contribution in [2.75, 3.05) is 19.6 Å². The van der Waals surface area contributed by atoms with Gasteiger partial charge in [-0.2, -0.15) is 0 Å². The van der Waals surface area contributed by atoms with Gasteiger partial charge in [0.15, 0.2) is 0 Å². The monoisotopic (exact) mass is 301 g/mol. The van der Waals surface area contributed by atoms with Crippen LogP contribution in [0, 0.1) is 5.82 Å². The van der Waals surface area contributed by atoms with Crippen molar-refractivity contribution in [3.8, 4) is 0 Å². The van der Waals surface area contributed by atoms with Gasteiger partial charge in [-0.3, -0.25) is 4.90 Å². The minimum Gasteiger partial charge on any atom is -0.361 e. The Morgan fingerprint density at radius 2 is 2.00 bits per heavy atom. The quantitative estimate of drug-likeness (QED) is 0.888. The van der Waals surface area contributed by atoms with Crippen LogP contribution < -0.4 is 5.32 Å². The predicted molar refractivity (Wildman–Crippen MR) is 87.4 cm³/mol. The van der Waals surface area contributed by atoms with E-state index in [-0.39, 0.29) is 5.82 Å². The normalized spacial score (nSPS) is 27.3. The van der Waals surface area contributed by atoms with Crippen LogP contribution in [0.4, 0.5) is 4.39 Å². The predicted octanol–water partition coefficient (Wildman–Crippen LogP) is 3.59. The number of H-pyrrole nitrogens is 1. The molecule has 1 aromatic heterocycles. The molecule has 0 spiro atoms. The third kappa shape index (κ3) is 2.66. The molecule has 2 aromatic rings. The lowest BCUT2D eigenvalue weighted by Crippen LogP contribution is -2.51. The van der Waals surface area contributed by atoms with E-state index in [0.29, 0.717) is 12.1 Å². The number of fused-ring (bicyclic) bond motifs is 1. The number of nitrogens with zero attached hydrogens (tertiary/aromatic N) is 1. The first-order valence-corrected chi connectivity index (χ1v) is 8.55. The molecule has 2 atom stereocenters. The molecular weight excluding hydrogens is 277 g/mol. The van der Waals surface area contributed by atoms with Crippen molar-refractivity contribution >= 4 is 10.9 Å². The summed E-state index contributed by atoms with van der Waals surface area (Å²) < 4.78 is 13.6. The second kappa shape index (κ2) is 6.01. The molecule has 22 heavy (non-hydrogen) atoms. The fourth-order valence-electron chi connectivity index (χ4n) is 4.14. The Kier molecular flexibility index (Phi) is 3.89. The molecule has 2 aliphatic rings. The average Bonchev–Trinajstić information content (AvgIpc) is 2.99. The summed E-state index contributed by atoms with van der Waals surface area (Å²) in [7, 11) is 0. The van der Waals surface area contributed by atoms with Crippen LogP contribution in [-0.2, 0) is 0 Å². The lowest BCUT2D eigenvalue weighted by atomic mass is 9.87. The number of nitrogens with one attached hydrogen (secondary N) is 2. The maximum atomic E-state index is 13.6. The minimum atomic E-state index is -0.144. The Morgan fingerprint density at radius 1 is 1.14 bits per heavy atom. The molecule has 0 amide bonds. The molecule has 2 unspecified atom stereocenters. The molecular formula is C18H24FN3. The van der Waals surface area contributed by atoms with E-state index in [9.17, 15) is 4.39 Å². The van der Waals surface area contributed by atoms with E-state index >= 15 is 0 Å². The molecule has 1 aromatic carbocycles. The van der Waals surface area contributed by atoms with Gasteiger partial charge in [-0.15, -0.1) is 0 Å². The number of hydrogen-bond acceptors (Lipinski definition) is 2. The maximum absolute atomic E-state index is 13.6. The van der Waals surface area contributed by atoms with Crippen LogP contribution in [-0.4, -0.2) is 35.7 Å². The molecule has 0 bridgehead atoms. The smallest absolute Gasteiger partial charge is 0.123 e. The molecule has 0 aliphatic carbocycles. The average molecular weight is 301 g/mol. The van der Waals surface area contributed by atoms with E-state index in [4.69, 9.17) is 0 Å². The van der Waals surface area contributed by atoms with Gasteiger partial charge in [-0.1, -0.05) is 6.42 Å². The molecule has 3 heterocycles. The van der Waals surface area contributed by atoms with E-state index in [1.165, 1.54) is 44.0 Å². The van der Waals surface area contributed by atoms with Gasteiger partial charge in [0.2, 0.25) is 0 Å². The highest BCUT2D eigenvalue weighted by Crippen LogP contribution is 2.34. The fraction of sp³-hybridized carbons (Fsp3) is 0.556. The number of piperidine rings is 2. The van der Waals surface area contributed by atoms with Crippen molar-refractivity contribution in [3.63, 3.8) is 0 Å². The molecule has 4 heteroatoms. The molecule has 3 nitrogen and oxygen atoms in total. The van der Waals surface area contributed by atoms with Gasteiger partial charge in [0, 0.05) is 17.1 Å². The summed E-state index contributed by atoms with van der Waals surface area (Å²) in [5.74, 6) is 0.374. The number of halogens is 1. The van der Waals surface area contributed by atoms with E-state index in [1.807, 2.05) is 6.07 Å². The number of benzene rings is 1. The van der Waals surface area contributed by atoms with Crippen molar-refractivity contribution in [2.45, 2.75) is 44.2 Å². The highest BCUT2D eigenvalue weighted by atomic mass is 19.1. The lowest BCUT2D eigenvalue weighted by molar-refractivity contribution is 0.107. The Bertz CT molecular complexity index is 645. The summed E-state index contributed by atoms with van der Waals surface area (Å²) in [6, 6.07) is 5.05. The third-order valence-corrected chi connectivity index (χ3v) is 5.33. The van der Waals surface area contributed by atoms with Crippen LogP contribution in [0.1, 0.15) is 43.6 Å². The van der Waals surface area contributed by atoms with E-state index in [0.717, 1.165) is 30.3 Å². The summed E-state index contributed by atoms with van der Waals surface area (Å²) >= 11 is 0. The van der Waals surface area contributed by atoms with Crippen LogP contribution in [0.5, 0.6) is 0 Å². The van der Waals surface area contributed by atoms with E-state index in [1.54, 1.807) is 6.07 Å². The second-order valence-corrected chi connectivity index (χ2v) is 6.72. The summed E-state index contributed by atoms with van der Waals surface area (Å²) in [4.78, 5) is 5.91. The second-order valence-electron chi connectivity index (χ2n) is 6.72. The molecule has 118 valence electrons. The van der Waals surface area contributed by atoms with Gasteiger partial charge in [-0.25, -0.2) is 4.39 Å². The summed E-state index contributed by atoms with van der Waals surface area (Å²) in [5, 5.41) is 4.74. The van der Waals surface area contributed by atoms with Gasteiger partial charge < -0.3 is 10.3 Å². The molecule has 2 fully saturated rings. The topological polar surface area (TPSA) is 31.1 Å². The Hall–Kier alpha value is -1.39. The zero-order chi connectivity index (χ0) is 14.9. The van der Waals surface area contributed by atoms with Crippen molar-refractivity contribution in [1.29, 1.82) is 0 Å². The van der Waals surface area contributed by atoms with Crippen LogP contribution in [0.2, 0.25) is 0 Å². The number of rotatable bonds is 2. The fourth-order valence-corrected chi connectivity index (χ4v) is 4.14. The standard InChI is InChI=1S/C18H24FN3/c19-14-4-5-17-15(11-14)16(12-21-17)13-6-7-20-18(10-13)22-8-2-1-3-9-22/h4-5,11-13,18,20-21H,1-3,6-10H2. The van der Waals surface area contributed by atoms with Gasteiger partial charge in [0.05, 0.1) is 6.17 Å². The van der Waals surface area contributed by atoms with Gasteiger partial charge in [-0.05, 0) is 75.0 Å². The Balaban J connectivity index is 1.57. The largest absolute Gasteiger partial charge is 0.361 e. The molecule has 2 N–H and O–H groups in total. The first-order valence-electron chi connectivity index (χ1n) is 8.55. The van der Waals surface area contributed by atoms with Crippen LogP contribution in [0.25, 0.3) is 10.9 Å². The van der Waals surface area contributed by atoms with Gasteiger partial charge >= 0.3 is 0 Å². The molecule has 0 saturated carbocycles. The SMILES string of the molecule is Fc1ccc2[nH]cc(C3CCNC(N4CCCCC4)C3)c2c1. The van der Waals surface area contributed by atoms with Gasteiger partial charge in [0.25, 0.3) is 0 Å². The first kappa shape index (κ1) is 14.2. The lowest BCUT2D eigenvalue weighted by Gasteiger charge is -2.40. The van der Waals surface area contributed by atoms with Crippen molar-refractivity contribution in [3.05, 3.63) is 35.8 Å². The van der Waals surface area contributed by atoms with Crippen LogP contribution in [0.3, 0.4) is 0 Å². The summed E-state index contributed by atoms with van der Waals surface area (Å²) in [5.41, 5.74) is 2.34. The number of aromatic amines is 1. The zero-order valence-corrected chi connectivity index (χ0v) is 12.9. The highest BCUT2D eigenvalue weighted by Gasteiger charge is 2.29. The van der Waals surface area contributed by atoms with E-state index < -0.39 is 0 Å². The number of hydrogen-bond donors (Lipinski definition) is 2. The molecule has 2 saturated heterocycles. The van der Waals surface area contributed by atoms with Crippen molar-refractivity contribution in [2.24, 2.45) is 0 Å².